The van der Waals surface area contributed by atoms with Crippen LogP contribution in [-0.4, -0.2) is 37.6 Å². The zero-order valence-corrected chi connectivity index (χ0v) is 11.5. The number of aliphatic hydroxyl groups is 1. The lowest BCUT2D eigenvalue weighted by Gasteiger charge is -2.08. The summed E-state index contributed by atoms with van der Waals surface area (Å²) in [4.78, 5) is 0. The number of hydrogen-bond acceptors (Lipinski definition) is 6. The summed E-state index contributed by atoms with van der Waals surface area (Å²) in [7, 11) is 3.22. The van der Waals surface area contributed by atoms with E-state index in [0.29, 0.717) is 24.6 Å². The molecular formula is C14H18N2O4. The lowest BCUT2D eigenvalue weighted by atomic mass is 10.1. The normalized spacial score (nSPS) is 12.3. The van der Waals surface area contributed by atoms with Gasteiger partial charge in [0.15, 0.2) is 12.0 Å². The number of aliphatic hydroxyl groups excluding tert-OH is 1. The van der Waals surface area contributed by atoms with Gasteiger partial charge in [-0.05, 0) is 24.3 Å². The van der Waals surface area contributed by atoms with Gasteiger partial charge in [-0.1, -0.05) is 5.16 Å². The highest BCUT2D eigenvalue weighted by molar-refractivity contribution is 5.58. The number of methoxy groups -OCH3 is 2. The maximum absolute atomic E-state index is 9.88. The topological polar surface area (TPSA) is 76.8 Å². The Morgan fingerprint density at radius 1 is 1.30 bits per heavy atom. The fourth-order valence-electron chi connectivity index (χ4n) is 1.71. The Kier molecular flexibility index (Phi) is 5.11. The highest BCUT2D eigenvalue weighted by Gasteiger charge is 2.13. The number of ether oxygens (including phenoxy) is 2. The van der Waals surface area contributed by atoms with E-state index in [1.165, 1.54) is 0 Å². The first kappa shape index (κ1) is 14.5. The second kappa shape index (κ2) is 7.04. The van der Waals surface area contributed by atoms with Crippen LogP contribution in [0.3, 0.4) is 0 Å². The van der Waals surface area contributed by atoms with Gasteiger partial charge in [0.1, 0.15) is 11.4 Å². The molecule has 0 bridgehead atoms. The van der Waals surface area contributed by atoms with E-state index in [1.54, 1.807) is 20.3 Å². The Labute approximate surface area is 117 Å². The molecule has 1 atom stereocenters. The van der Waals surface area contributed by atoms with E-state index in [9.17, 15) is 5.11 Å². The minimum absolute atomic E-state index is 0.437. The van der Waals surface area contributed by atoms with Crippen LogP contribution in [-0.2, 0) is 4.74 Å². The molecule has 0 spiro atoms. The summed E-state index contributed by atoms with van der Waals surface area (Å²) in [6.07, 6.45) is -0.874. The predicted octanol–water partition coefficient (Wildman–Crippen LogP) is 1.58. The van der Waals surface area contributed by atoms with Crippen LogP contribution >= 0.6 is 0 Å². The average molecular weight is 278 g/mol. The summed E-state index contributed by atoms with van der Waals surface area (Å²) in [5.41, 5.74) is 1.31. The lowest BCUT2D eigenvalue weighted by Crippen LogP contribution is -2.24. The average Bonchev–Trinajstić information content (AvgIpc) is 2.97. The van der Waals surface area contributed by atoms with Gasteiger partial charge in [-0.25, -0.2) is 0 Å². The van der Waals surface area contributed by atoms with E-state index < -0.39 is 6.23 Å². The second-order valence-electron chi connectivity index (χ2n) is 4.19. The largest absolute Gasteiger partial charge is 0.497 e. The first-order chi connectivity index (χ1) is 9.74. The molecule has 0 fully saturated rings. The van der Waals surface area contributed by atoms with Gasteiger partial charge in [-0.3, -0.25) is 5.32 Å². The van der Waals surface area contributed by atoms with Crippen molar-refractivity contribution in [3.63, 3.8) is 0 Å². The molecule has 0 saturated heterocycles. The van der Waals surface area contributed by atoms with Crippen LogP contribution in [0.2, 0.25) is 0 Å². The van der Waals surface area contributed by atoms with Gasteiger partial charge in [0.05, 0.1) is 13.7 Å². The van der Waals surface area contributed by atoms with Crippen molar-refractivity contribution in [2.24, 2.45) is 0 Å². The van der Waals surface area contributed by atoms with Gasteiger partial charge in [0, 0.05) is 25.3 Å². The number of nitrogens with zero attached hydrogens (tertiary/aromatic N) is 1. The lowest BCUT2D eigenvalue weighted by molar-refractivity contribution is 0.112. The van der Waals surface area contributed by atoms with Crippen molar-refractivity contribution < 1.29 is 19.1 Å². The van der Waals surface area contributed by atoms with Crippen molar-refractivity contribution >= 4 is 0 Å². The number of hydrogen-bond donors (Lipinski definition) is 2. The van der Waals surface area contributed by atoms with Gasteiger partial charge in [-0.2, -0.15) is 0 Å². The van der Waals surface area contributed by atoms with Crippen molar-refractivity contribution in [2.45, 2.75) is 6.23 Å². The van der Waals surface area contributed by atoms with Gasteiger partial charge in [-0.15, -0.1) is 0 Å². The van der Waals surface area contributed by atoms with Crippen molar-refractivity contribution in [1.82, 2.24) is 10.5 Å². The van der Waals surface area contributed by atoms with Crippen LogP contribution in [0, 0.1) is 0 Å². The van der Waals surface area contributed by atoms with Crippen LogP contribution in [0.15, 0.2) is 34.9 Å². The number of aromatic nitrogens is 1. The Hall–Kier alpha value is -1.89. The molecule has 2 rings (SSSR count). The molecule has 2 N–H and O–H groups in total. The standard InChI is InChI=1S/C14H18N2O4/c1-18-8-7-15-14(17)12-9-13(20-16-12)10-3-5-11(19-2)6-4-10/h3-6,9,14-15,17H,7-8H2,1-2H3. The molecule has 2 aromatic rings. The number of rotatable bonds is 7. The Morgan fingerprint density at radius 3 is 2.70 bits per heavy atom. The summed E-state index contributed by atoms with van der Waals surface area (Å²) in [5, 5.41) is 16.6. The summed E-state index contributed by atoms with van der Waals surface area (Å²) in [5.74, 6) is 1.37. The smallest absolute Gasteiger partial charge is 0.167 e. The minimum atomic E-state index is -0.874. The molecule has 6 heteroatoms. The van der Waals surface area contributed by atoms with E-state index in [2.05, 4.69) is 10.5 Å². The predicted molar refractivity (Wildman–Crippen MR) is 73.3 cm³/mol. The fraction of sp³-hybridized carbons (Fsp3) is 0.357. The fourth-order valence-corrected chi connectivity index (χ4v) is 1.71. The maximum Gasteiger partial charge on any atom is 0.167 e. The zero-order valence-electron chi connectivity index (χ0n) is 11.5. The summed E-state index contributed by atoms with van der Waals surface area (Å²) in [6, 6.07) is 9.11. The van der Waals surface area contributed by atoms with Crippen LogP contribution in [0.1, 0.15) is 11.9 Å². The third-order valence-corrected chi connectivity index (χ3v) is 2.83. The molecule has 1 unspecified atom stereocenters. The molecule has 1 heterocycles. The van der Waals surface area contributed by atoms with Gasteiger partial charge < -0.3 is 19.1 Å². The minimum Gasteiger partial charge on any atom is -0.497 e. The molecular weight excluding hydrogens is 260 g/mol. The number of nitrogens with one attached hydrogen (secondary N) is 1. The molecule has 6 nitrogen and oxygen atoms in total. The highest BCUT2D eigenvalue weighted by Crippen LogP contribution is 2.24. The monoisotopic (exact) mass is 278 g/mol. The SMILES string of the molecule is COCCNC(O)c1cc(-c2ccc(OC)cc2)on1. The summed E-state index contributed by atoms with van der Waals surface area (Å²) < 4.78 is 15.2. The molecule has 0 aliphatic rings. The maximum atomic E-state index is 9.88. The summed E-state index contributed by atoms with van der Waals surface area (Å²) in [6.45, 7) is 1.04. The summed E-state index contributed by atoms with van der Waals surface area (Å²) >= 11 is 0. The van der Waals surface area contributed by atoms with E-state index in [0.717, 1.165) is 11.3 Å². The molecule has 20 heavy (non-hydrogen) atoms. The van der Waals surface area contributed by atoms with Crippen LogP contribution < -0.4 is 10.1 Å². The van der Waals surface area contributed by atoms with E-state index in [4.69, 9.17) is 14.0 Å². The van der Waals surface area contributed by atoms with E-state index in [-0.39, 0.29) is 0 Å². The van der Waals surface area contributed by atoms with Crippen LogP contribution in [0.25, 0.3) is 11.3 Å². The molecule has 0 saturated carbocycles. The molecule has 0 amide bonds. The highest BCUT2D eigenvalue weighted by atomic mass is 16.5. The van der Waals surface area contributed by atoms with Gasteiger partial charge in [0.2, 0.25) is 0 Å². The van der Waals surface area contributed by atoms with E-state index >= 15 is 0 Å². The molecule has 108 valence electrons. The van der Waals surface area contributed by atoms with Crippen LogP contribution in [0.4, 0.5) is 0 Å². The molecule has 0 radical (unpaired) electrons. The Balaban J connectivity index is 2.03. The molecule has 0 aliphatic heterocycles. The van der Waals surface area contributed by atoms with Crippen LogP contribution in [0.5, 0.6) is 5.75 Å². The van der Waals surface area contributed by atoms with Crippen molar-refractivity contribution in [3.05, 3.63) is 36.0 Å². The second-order valence-corrected chi connectivity index (χ2v) is 4.19. The quantitative estimate of drug-likeness (QED) is 0.591. The van der Waals surface area contributed by atoms with Gasteiger partial charge >= 0.3 is 0 Å². The molecule has 0 aliphatic carbocycles. The van der Waals surface area contributed by atoms with Crippen molar-refractivity contribution in [3.8, 4) is 17.1 Å². The first-order valence-corrected chi connectivity index (χ1v) is 6.26. The van der Waals surface area contributed by atoms with Crippen molar-refractivity contribution in [1.29, 1.82) is 0 Å². The van der Waals surface area contributed by atoms with Crippen molar-refractivity contribution in [2.75, 3.05) is 27.4 Å². The first-order valence-electron chi connectivity index (χ1n) is 6.26. The number of benzene rings is 1. The van der Waals surface area contributed by atoms with Gasteiger partial charge in [0.25, 0.3) is 0 Å². The Bertz CT molecular complexity index is 524. The van der Waals surface area contributed by atoms with E-state index in [1.807, 2.05) is 24.3 Å². The zero-order chi connectivity index (χ0) is 14.4. The molecule has 1 aromatic heterocycles. The third-order valence-electron chi connectivity index (χ3n) is 2.83. The molecule has 1 aromatic carbocycles. The third kappa shape index (κ3) is 3.57. The Morgan fingerprint density at radius 2 is 2.05 bits per heavy atom.